The van der Waals surface area contributed by atoms with E-state index in [0.29, 0.717) is 11.1 Å². The van der Waals surface area contributed by atoms with Gasteiger partial charge in [-0.2, -0.15) is 5.26 Å². The molecule has 0 aliphatic rings. The number of anilines is 2. The molecule has 0 aliphatic carbocycles. The van der Waals surface area contributed by atoms with Crippen molar-refractivity contribution in [2.75, 3.05) is 44.6 Å². The average Bonchev–Trinajstić information content (AvgIpc) is 2.73. The second-order valence-corrected chi connectivity index (χ2v) is 6.66. The zero-order chi connectivity index (χ0) is 22.0. The van der Waals surface area contributed by atoms with Gasteiger partial charge >= 0.3 is 5.97 Å². The summed E-state index contributed by atoms with van der Waals surface area (Å²) in [4.78, 5) is 15.2. The van der Waals surface area contributed by atoms with E-state index in [1.54, 1.807) is 37.3 Å². The van der Waals surface area contributed by atoms with Gasteiger partial charge in [-0.15, -0.1) is 0 Å². The SMILES string of the molecule is C.CCOC(=O)C(O)c1ccc(N(C)C)cc1.CN(C)c1ccc(C(O)C#N)cc1. The van der Waals surface area contributed by atoms with Crippen LogP contribution in [0, 0.1) is 11.3 Å². The Morgan fingerprint density at radius 3 is 1.67 bits per heavy atom. The predicted octanol–water partition coefficient (Wildman–Crippen LogP) is 3.29. The summed E-state index contributed by atoms with van der Waals surface area (Å²) in [5.41, 5.74) is 3.24. The zero-order valence-electron chi connectivity index (χ0n) is 17.5. The highest BCUT2D eigenvalue weighted by Gasteiger charge is 2.18. The number of carbonyl (C=O) groups excluding carboxylic acids is 1. The highest BCUT2D eigenvalue weighted by Crippen LogP contribution is 2.19. The van der Waals surface area contributed by atoms with Crippen molar-refractivity contribution < 1.29 is 19.7 Å². The van der Waals surface area contributed by atoms with Crippen molar-refractivity contribution in [1.29, 1.82) is 5.26 Å². The van der Waals surface area contributed by atoms with Gasteiger partial charge in [0.1, 0.15) is 0 Å². The lowest BCUT2D eigenvalue weighted by Gasteiger charge is -2.14. The number of nitriles is 1. The molecule has 2 aromatic carbocycles. The number of aliphatic hydroxyl groups excluding tert-OH is 2. The first-order valence-corrected chi connectivity index (χ1v) is 9.18. The van der Waals surface area contributed by atoms with Gasteiger partial charge in [0, 0.05) is 39.6 Å². The number of esters is 1. The van der Waals surface area contributed by atoms with Gasteiger partial charge in [-0.05, 0) is 42.3 Å². The topological polar surface area (TPSA) is 97.0 Å². The van der Waals surface area contributed by atoms with Gasteiger partial charge in [-0.1, -0.05) is 31.7 Å². The van der Waals surface area contributed by atoms with E-state index in [2.05, 4.69) is 0 Å². The van der Waals surface area contributed by atoms with Crippen molar-refractivity contribution in [3.8, 4) is 6.07 Å². The Hall–Kier alpha value is -3.08. The lowest BCUT2D eigenvalue weighted by Crippen LogP contribution is -2.15. The van der Waals surface area contributed by atoms with Gasteiger partial charge < -0.3 is 24.7 Å². The van der Waals surface area contributed by atoms with Crippen LogP contribution in [0.15, 0.2) is 48.5 Å². The molecular weight excluding hydrogens is 382 g/mol. The molecule has 7 heteroatoms. The molecule has 7 nitrogen and oxygen atoms in total. The van der Waals surface area contributed by atoms with Crippen LogP contribution < -0.4 is 9.80 Å². The highest BCUT2D eigenvalue weighted by molar-refractivity contribution is 5.76. The first kappa shape index (κ1) is 26.9. The zero-order valence-corrected chi connectivity index (χ0v) is 17.5. The normalized spacial score (nSPS) is 11.5. The lowest BCUT2D eigenvalue weighted by atomic mass is 10.1. The standard InChI is InChI=1S/C12H17NO3.C10H12N2O.CH4/c1-4-16-12(15)11(14)9-5-7-10(8-6-9)13(2)3;1-12(2)9-5-3-8(4-6-9)10(13)7-11;/h5-8,11,14H,4H2,1-3H3;3-6,10,13H,1-2H3;1H4. The highest BCUT2D eigenvalue weighted by atomic mass is 16.5. The number of hydrogen-bond acceptors (Lipinski definition) is 7. The lowest BCUT2D eigenvalue weighted by molar-refractivity contribution is -0.153. The van der Waals surface area contributed by atoms with Crippen LogP contribution in [0.4, 0.5) is 11.4 Å². The van der Waals surface area contributed by atoms with E-state index in [-0.39, 0.29) is 14.0 Å². The number of carbonyl (C=O) groups is 1. The van der Waals surface area contributed by atoms with Crippen LogP contribution in [-0.4, -0.2) is 51.0 Å². The molecule has 0 saturated heterocycles. The molecule has 0 bridgehead atoms. The number of rotatable bonds is 6. The molecule has 0 heterocycles. The van der Waals surface area contributed by atoms with Crippen LogP contribution >= 0.6 is 0 Å². The molecule has 2 rings (SSSR count). The molecule has 2 unspecified atom stereocenters. The fourth-order valence-electron chi connectivity index (χ4n) is 2.34. The molecule has 0 aliphatic heterocycles. The Morgan fingerprint density at radius 1 is 0.933 bits per heavy atom. The third kappa shape index (κ3) is 8.11. The first-order chi connectivity index (χ1) is 13.7. The van der Waals surface area contributed by atoms with Gasteiger partial charge in [-0.3, -0.25) is 0 Å². The number of ether oxygens (including phenoxy) is 1. The molecule has 0 fully saturated rings. The minimum absolute atomic E-state index is 0. The largest absolute Gasteiger partial charge is 0.464 e. The van der Waals surface area contributed by atoms with Crippen molar-refractivity contribution in [3.05, 3.63) is 59.7 Å². The van der Waals surface area contributed by atoms with Crippen molar-refractivity contribution in [3.63, 3.8) is 0 Å². The van der Waals surface area contributed by atoms with E-state index < -0.39 is 18.2 Å². The van der Waals surface area contributed by atoms with Gasteiger partial charge in [0.2, 0.25) is 0 Å². The Balaban J connectivity index is 0.000000553. The van der Waals surface area contributed by atoms with Gasteiger partial charge in [0.15, 0.2) is 12.2 Å². The second kappa shape index (κ2) is 13.2. The van der Waals surface area contributed by atoms with Gasteiger partial charge in [-0.25, -0.2) is 4.79 Å². The van der Waals surface area contributed by atoms with Crippen molar-refractivity contribution in [1.82, 2.24) is 0 Å². The molecule has 164 valence electrons. The number of aliphatic hydroxyl groups is 2. The van der Waals surface area contributed by atoms with E-state index in [4.69, 9.17) is 10.00 Å². The van der Waals surface area contributed by atoms with Crippen molar-refractivity contribution >= 4 is 17.3 Å². The van der Waals surface area contributed by atoms with Gasteiger partial charge in [0.25, 0.3) is 0 Å². The summed E-state index contributed by atoms with van der Waals surface area (Å²) in [6.45, 7) is 1.98. The first-order valence-electron chi connectivity index (χ1n) is 9.18. The summed E-state index contributed by atoms with van der Waals surface area (Å²) in [5.74, 6) is -0.611. The minimum Gasteiger partial charge on any atom is -0.464 e. The van der Waals surface area contributed by atoms with Crippen LogP contribution in [-0.2, 0) is 9.53 Å². The summed E-state index contributed by atoms with van der Waals surface area (Å²) < 4.78 is 4.74. The van der Waals surface area contributed by atoms with E-state index >= 15 is 0 Å². The predicted molar refractivity (Wildman–Crippen MR) is 120 cm³/mol. The summed E-state index contributed by atoms with van der Waals surface area (Å²) in [7, 11) is 7.74. The van der Waals surface area contributed by atoms with Crippen molar-refractivity contribution in [2.45, 2.75) is 26.6 Å². The fourth-order valence-corrected chi connectivity index (χ4v) is 2.34. The summed E-state index contributed by atoms with van der Waals surface area (Å²) in [6, 6.07) is 16.1. The molecular formula is C23H33N3O4. The molecule has 0 amide bonds. The number of benzene rings is 2. The Kier molecular flexibility index (Phi) is 11.8. The summed E-state index contributed by atoms with van der Waals surface area (Å²) in [5, 5.41) is 27.3. The number of hydrogen-bond donors (Lipinski definition) is 2. The van der Waals surface area contributed by atoms with Crippen molar-refractivity contribution in [2.24, 2.45) is 0 Å². The maximum absolute atomic E-state index is 11.3. The quantitative estimate of drug-likeness (QED) is 0.552. The van der Waals surface area contributed by atoms with Crippen LogP contribution in [0.2, 0.25) is 0 Å². The van der Waals surface area contributed by atoms with Gasteiger partial charge in [0.05, 0.1) is 12.7 Å². The Labute approximate surface area is 179 Å². The molecule has 2 N–H and O–H groups in total. The second-order valence-electron chi connectivity index (χ2n) is 6.66. The third-order valence-electron chi connectivity index (χ3n) is 4.08. The Morgan fingerprint density at radius 2 is 1.33 bits per heavy atom. The molecule has 0 spiro atoms. The molecule has 2 aromatic rings. The summed E-state index contributed by atoms with van der Waals surface area (Å²) >= 11 is 0. The van der Waals surface area contributed by atoms with Crippen LogP contribution in [0.5, 0.6) is 0 Å². The van der Waals surface area contributed by atoms with Crippen LogP contribution in [0.3, 0.4) is 0 Å². The minimum atomic E-state index is -1.20. The van der Waals surface area contributed by atoms with E-state index in [0.717, 1.165) is 11.4 Å². The molecule has 2 atom stereocenters. The van der Waals surface area contributed by atoms with E-state index in [1.807, 2.05) is 62.3 Å². The molecule has 0 saturated carbocycles. The fraction of sp³-hybridized carbons (Fsp3) is 0.391. The van der Waals surface area contributed by atoms with E-state index in [1.165, 1.54) is 0 Å². The Bertz CT molecular complexity index is 797. The smallest absolute Gasteiger partial charge is 0.339 e. The molecule has 0 radical (unpaired) electrons. The molecule has 30 heavy (non-hydrogen) atoms. The van der Waals surface area contributed by atoms with Crippen LogP contribution in [0.25, 0.3) is 0 Å². The average molecular weight is 416 g/mol. The number of nitrogens with zero attached hydrogens (tertiary/aromatic N) is 3. The van der Waals surface area contributed by atoms with Crippen LogP contribution in [0.1, 0.15) is 37.7 Å². The maximum atomic E-state index is 11.3. The molecule has 0 aromatic heterocycles. The van der Waals surface area contributed by atoms with E-state index in [9.17, 15) is 15.0 Å². The maximum Gasteiger partial charge on any atom is 0.339 e. The monoisotopic (exact) mass is 415 g/mol. The third-order valence-corrected chi connectivity index (χ3v) is 4.08. The summed E-state index contributed by atoms with van der Waals surface area (Å²) in [6.07, 6.45) is -2.22.